The van der Waals surface area contributed by atoms with Gasteiger partial charge in [-0.05, 0) is 89.9 Å². The van der Waals surface area contributed by atoms with Crippen molar-refractivity contribution in [1.29, 1.82) is 0 Å². The van der Waals surface area contributed by atoms with E-state index in [1.165, 1.54) is 0 Å². The number of carboxylic acids is 1. The minimum atomic E-state index is -4.75. The van der Waals surface area contributed by atoms with Crippen LogP contribution in [0.15, 0.2) is 109 Å². The van der Waals surface area contributed by atoms with Gasteiger partial charge in [0.25, 0.3) is 0 Å². The average molecular weight is 802 g/mol. The van der Waals surface area contributed by atoms with E-state index >= 15 is 0 Å². The fraction of sp³-hybridized carbons (Fsp3) is 0.523. The molecule has 0 bridgehead atoms. The van der Waals surface area contributed by atoms with Gasteiger partial charge < -0.3 is 25.2 Å². The number of aliphatic carboxylic acids is 1. The highest BCUT2D eigenvalue weighted by molar-refractivity contribution is 7.47. The number of allylic oxidation sites excluding steroid dienone is 18. The lowest BCUT2D eigenvalue weighted by atomic mass is 10.2. The molecule has 0 heterocycles. The Morgan fingerprint density at radius 3 is 1.39 bits per heavy atom. The number of hydrogen-bond acceptors (Lipinski definition) is 9. The Morgan fingerprint density at radius 1 is 0.554 bits per heavy atom. The summed E-state index contributed by atoms with van der Waals surface area (Å²) in [5.74, 6) is -2.53. The Kier molecular flexibility index (Phi) is 35.4. The van der Waals surface area contributed by atoms with E-state index in [1.54, 1.807) is 0 Å². The van der Waals surface area contributed by atoms with Crippen molar-refractivity contribution in [2.75, 3.05) is 19.8 Å². The van der Waals surface area contributed by atoms with E-state index in [2.05, 4.69) is 116 Å². The molecule has 0 aliphatic carbocycles. The van der Waals surface area contributed by atoms with Crippen LogP contribution < -0.4 is 5.73 Å². The molecule has 0 aromatic rings. The van der Waals surface area contributed by atoms with Crippen LogP contribution in [-0.2, 0) is 37.5 Å². The van der Waals surface area contributed by atoms with Crippen LogP contribution in [0.4, 0.5) is 0 Å². The topological polar surface area (TPSA) is 172 Å². The van der Waals surface area contributed by atoms with Crippen LogP contribution in [0, 0.1) is 0 Å². The summed E-state index contributed by atoms with van der Waals surface area (Å²) in [6, 6.07) is -1.54. The Hall–Kier alpha value is -3.86. The van der Waals surface area contributed by atoms with E-state index in [-0.39, 0.29) is 12.8 Å². The first-order valence-electron chi connectivity index (χ1n) is 19.9. The second-order valence-corrected chi connectivity index (χ2v) is 14.1. The fourth-order valence-corrected chi connectivity index (χ4v) is 5.22. The van der Waals surface area contributed by atoms with Crippen LogP contribution in [0.25, 0.3) is 0 Å². The summed E-state index contributed by atoms with van der Waals surface area (Å²) in [4.78, 5) is 45.8. The molecule has 0 fully saturated rings. The number of unbranched alkanes of at least 4 members (excludes halogenated alkanes) is 3. The van der Waals surface area contributed by atoms with Crippen LogP contribution in [0.1, 0.15) is 117 Å². The normalized spacial score (nSPS) is 14.9. The molecule has 0 saturated heterocycles. The standard InChI is InChI=1S/C44H68NO10P/c1-3-5-7-9-11-13-15-17-19-20-22-23-25-27-29-31-33-35-42(46)52-37-40(38-53-56(50,51)54-39-41(45)44(48)49)55-43(47)36-34-32-30-28-26-24-21-18-16-14-12-10-8-6-4-2/h5-8,11-14,17-19,21-23,26-29,40-41H,3-4,9-10,15-16,20,24-25,30-39,45H2,1-2H3,(H,48,49)(H,50,51)/b7-5-,8-6-,13-11-,14-12-,19-17-,21-18-,23-22-,28-26-,29-27-/t40-,41+/m1/s1. The summed E-state index contributed by atoms with van der Waals surface area (Å²) in [7, 11) is -4.75. The number of esters is 2. The molecule has 56 heavy (non-hydrogen) atoms. The number of carbonyl (C=O) groups is 3. The zero-order valence-corrected chi connectivity index (χ0v) is 34.6. The molecule has 4 N–H and O–H groups in total. The highest BCUT2D eigenvalue weighted by atomic mass is 31.2. The zero-order valence-electron chi connectivity index (χ0n) is 33.7. The smallest absolute Gasteiger partial charge is 0.472 e. The van der Waals surface area contributed by atoms with Gasteiger partial charge in [-0.1, -0.05) is 123 Å². The van der Waals surface area contributed by atoms with Crippen LogP contribution >= 0.6 is 7.82 Å². The maximum absolute atomic E-state index is 12.6. The Balaban J connectivity index is 4.61. The lowest BCUT2D eigenvalue weighted by Gasteiger charge is -2.20. The van der Waals surface area contributed by atoms with Crippen LogP contribution in [0.3, 0.4) is 0 Å². The molecule has 3 atom stereocenters. The Labute approximate surface area is 336 Å². The SMILES string of the molecule is CC/C=C\C/C=C\C/C=C\C/C=C\C/C=C\CCCC(=O)OC[C@H](COP(=O)(O)OC[C@H](N)C(=O)O)OC(=O)CCCC/C=C\C/C=C\C/C=C\C/C=C\CC. The van der Waals surface area contributed by atoms with Gasteiger partial charge in [0.05, 0.1) is 13.2 Å². The first-order valence-corrected chi connectivity index (χ1v) is 21.4. The van der Waals surface area contributed by atoms with E-state index in [0.717, 1.165) is 70.6 Å². The summed E-state index contributed by atoms with van der Waals surface area (Å²) in [5.41, 5.74) is 5.31. The molecule has 1 unspecified atom stereocenters. The number of phosphoric acid groups is 1. The van der Waals surface area contributed by atoms with Crippen molar-refractivity contribution in [2.45, 2.75) is 129 Å². The molecule has 0 radical (unpaired) electrons. The second-order valence-electron chi connectivity index (χ2n) is 12.6. The summed E-state index contributed by atoms with van der Waals surface area (Å²) < 4.78 is 32.5. The first kappa shape index (κ1) is 52.1. The third kappa shape index (κ3) is 37.1. The number of nitrogens with two attached hydrogens (primary N) is 1. The van der Waals surface area contributed by atoms with Gasteiger partial charge in [0, 0.05) is 12.8 Å². The molecule has 0 rings (SSSR count). The number of carbonyl (C=O) groups excluding carboxylic acids is 2. The number of ether oxygens (including phenoxy) is 2. The molecule has 0 aromatic heterocycles. The van der Waals surface area contributed by atoms with Crippen molar-refractivity contribution in [3.8, 4) is 0 Å². The summed E-state index contributed by atoms with van der Waals surface area (Å²) >= 11 is 0. The fourth-order valence-electron chi connectivity index (χ4n) is 4.44. The predicted molar refractivity (Wildman–Crippen MR) is 226 cm³/mol. The lowest BCUT2D eigenvalue weighted by molar-refractivity contribution is -0.161. The van der Waals surface area contributed by atoms with E-state index < -0.39 is 57.7 Å². The van der Waals surface area contributed by atoms with Crippen molar-refractivity contribution >= 4 is 25.7 Å². The van der Waals surface area contributed by atoms with E-state index in [0.29, 0.717) is 19.3 Å². The van der Waals surface area contributed by atoms with Gasteiger partial charge in [-0.15, -0.1) is 0 Å². The molecule has 0 aromatic carbocycles. The monoisotopic (exact) mass is 801 g/mol. The number of hydrogen-bond donors (Lipinski definition) is 3. The van der Waals surface area contributed by atoms with Crippen LogP contribution in [-0.4, -0.2) is 59.9 Å². The minimum Gasteiger partial charge on any atom is -0.480 e. The Bertz CT molecular complexity index is 1360. The molecule has 0 saturated carbocycles. The van der Waals surface area contributed by atoms with Crippen LogP contribution in [0.2, 0.25) is 0 Å². The van der Waals surface area contributed by atoms with E-state index in [9.17, 15) is 23.8 Å². The molecule has 0 amide bonds. The summed E-state index contributed by atoms with van der Waals surface area (Å²) in [6.45, 7) is 2.43. The molecular formula is C44H68NO10P. The molecule has 11 nitrogen and oxygen atoms in total. The van der Waals surface area contributed by atoms with Gasteiger partial charge in [0.2, 0.25) is 0 Å². The Morgan fingerprint density at radius 2 is 0.946 bits per heavy atom. The third-order valence-electron chi connectivity index (χ3n) is 7.52. The molecule has 314 valence electrons. The van der Waals surface area contributed by atoms with Gasteiger partial charge in [-0.3, -0.25) is 23.4 Å². The molecule has 12 heteroatoms. The average Bonchev–Trinajstić information content (AvgIpc) is 3.17. The van der Waals surface area contributed by atoms with Crippen molar-refractivity contribution in [3.63, 3.8) is 0 Å². The number of phosphoric ester groups is 1. The lowest BCUT2D eigenvalue weighted by Crippen LogP contribution is -2.34. The van der Waals surface area contributed by atoms with Crippen LogP contribution in [0.5, 0.6) is 0 Å². The van der Waals surface area contributed by atoms with Gasteiger partial charge in [0.15, 0.2) is 6.10 Å². The van der Waals surface area contributed by atoms with E-state index in [1.807, 2.05) is 12.2 Å². The van der Waals surface area contributed by atoms with Gasteiger partial charge in [-0.25, -0.2) is 4.57 Å². The number of rotatable bonds is 35. The summed E-state index contributed by atoms with van der Waals surface area (Å²) in [5, 5.41) is 8.87. The third-order valence-corrected chi connectivity index (χ3v) is 8.47. The minimum absolute atomic E-state index is 0.0893. The zero-order chi connectivity index (χ0) is 41.4. The molecule has 0 aliphatic heterocycles. The molecular weight excluding hydrogens is 733 g/mol. The van der Waals surface area contributed by atoms with Gasteiger partial charge >= 0.3 is 25.7 Å². The van der Waals surface area contributed by atoms with Crippen molar-refractivity contribution < 1.29 is 47.5 Å². The highest BCUT2D eigenvalue weighted by Crippen LogP contribution is 2.43. The van der Waals surface area contributed by atoms with Crippen molar-refractivity contribution in [1.82, 2.24) is 0 Å². The molecule has 0 aliphatic rings. The predicted octanol–water partition coefficient (Wildman–Crippen LogP) is 10.3. The largest absolute Gasteiger partial charge is 0.480 e. The van der Waals surface area contributed by atoms with Crippen molar-refractivity contribution in [3.05, 3.63) is 109 Å². The molecule has 0 spiro atoms. The number of carboxylic acid groups (broad SMARTS) is 1. The maximum atomic E-state index is 12.6. The second kappa shape index (κ2) is 38.0. The van der Waals surface area contributed by atoms with Crippen molar-refractivity contribution in [2.24, 2.45) is 5.73 Å². The van der Waals surface area contributed by atoms with Gasteiger partial charge in [0.1, 0.15) is 12.6 Å². The summed E-state index contributed by atoms with van der Waals surface area (Å²) in [6.07, 6.45) is 48.8. The first-order chi connectivity index (χ1) is 27.1. The maximum Gasteiger partial charge on any atom is 0.472 e. The van der Waals surface area contributed by atoms with Gasteiger partial charge in [-0.2, -0.15) is 0 Å². The quantitative estimate of drug-likeness (QED) is 0.0241. The highest BCUT2D eigenvalue weighted by Gasteiger charge is 2.28. The van der Waals surface area contributed by atoms with E-state index in [4.69, 9.17) is 24.8 Å².